The van der Waals surface area contributed by atoms with Gasteiger partial charge in [0.1, 0.15) is 23.1 Å². The summed E-state index contributed by atoms with van der Waals surface area (Å²) in [5.74, 6) is 0.0371. The van der Waals surface area contributed by atoms with Gasteiger partial charge in [0.2, 0.25) is 11.8 Å². The van der Waals surface area contributed by atoms with Crippen LogP contribution >= 0.6 is 11.3 Å². The largest absolute Gasteiger partial charge is 0.457 e. The number of nitriles is 1. The van der Waals surface area contributed by atoms with Crippen LogP contribution in [0.2, 0.25) is 0 Å². The van der Waals surface area contributed by atoms with E-state index < -0.39 is 5.41 Å². The van der Waals surface area contributed by atoms with Crippen LogP contribution in [0.3, 0.4) is 0 Å². The molecule has 0 fully saturated rings. The van der Waals surface area contributed by atoms with Crippen LogP contribution in [-0.4, -0.2) is 16.2 Å². The number of fused-ring (bicyclic) bond motifs is 1. The Hall–Kier alpha value is -4.35. The van der Waals surface area contributed by atoms with Gasteiger partial charge in [-0.3, -0.25) is 5.10 Å². The van der Waals surface area contributed by atoms with Crippen LogP contribution in [0, 0.1) is 24.2 Å². The minimum Gasteiger partial charge on any atom is -0.457 e. The summed E-state index contributed by atoms with van der Waals surface area (Å²) in [6.45, 7) is 6.26. The van der Waals surface area contributed by atoms with Gasteiger partial charge in [-0.2, -0.15) is 5.26 Å². The van der Waals surface area contributed by atoms with Crippen LogP contribution in [0.5, 0.6) is 5.88 Å². The highest BCUT2D eigenvalue weighted by molar-refractivity contribution is 7.17. The van der Waals surface area contributed by atoms with Crippen LogP contribution in [0.1, 0.15) is 45.9 Å². The minimum atomic E-state index is -0.853. The Balaban J connectivity index is 1.52. The molecule has 0 aliphatic carbocycles. The number of aryl methyl sites for hydroxylation is 1. The van der Waals surface area contributed by atoms with Crippen molar-refractivity contribution in [3.8, 4) is 22.4 Å². The number of aromatic amines is 1. The molecule has 186 valence electrons. The number of nitrogens with one attached hydrogen (secondary N) is 1. The van der Waals surface area contributed by atoms with Crippen molar-refractivity contribution in [2.24, 2.45) is 11.7 Å². The van der Waals surface area contributed by atoms with Crippen molar-refractivity contribution in [1.82, 2.24) is 10.2 Å². The number of hydrogen-bond donors (Lipinski definition) is 2. The van der Waals surface area contributed by atoms with E-state index in [9.17, 15) is 10.1 Å². The number of carbonyl (C=O) groups excluding carboxylic acids is 1. The first kappa shape index (κ1) is 24.3. The summed E-state index contributed by atoms with van der Waals surface area (Å²) in [5, 5.41) is 17.5. The maximum absolute atomic E-state index is 12.7. The molecule has 5 rings (SSSR count). The lowest BCUT2D eigenvalue weighted by Crippen LogP contribution is -2.41. The van der Waals surface area contributed by atoms with Gasteiger partial charge in [-0.15, -0.1) is 16.4 Å². The maximum Gasteiger partial charge on any atom is 0.348 e. The fourth-order valence-electron chi connectivity index (χ4n) is 5.08. The van der Waals surface area contributed by atoms with Crippen LogP contribution in [0.25, 0.3) is 10.4 Å². The molecule has 0 amide bonds. The zero-order chi connectivity index (χ0) is 26.2. The molecular formula is C29H26N4O3S. The summed E-state index contributed by atoms with van der Waals surface area (Å²) < 4.78 is 11.2. The van der Waals surface area contributed by atoms with E-state index in [0.29, 0.717) is 16.3 Å². The fraction of sp³-hybridized carbons (Fsp3) is 0.207. The van der Waals surface area contributed by atoms with Crippen molar-refractivity contribution in [3.05, 3.63) is 105 Å². The van der Waals surface area contributed by atoms with Gasteiger partial charge in [-0.05, 0) is 47.7 Å². The summed E-state index contributed by atoms with van der Waals surface area (Å²) >= 11 is 1.37. The van der Waals surface area contributed by atoms with Crippen LogP contribution in [0.15, 0.2) is 78.2 Å². The Kier molecular flexibility index (Phi) is 6.32. The Bertz CT molecular complexity index is 1540. The second-order valence-corrected chi connectivity index (χ2v) is 10.3. The number of nitrogens with zero attached hydrogens (tertiary/aromatic N) is 2. The number of ether oxygens (including phenoxy) is 2. The molecule has 8 heteroatoms. The first-order chi connectivity index (χ1) is 17.9. The lowest BCUT2D eigenvalue weighted by atomic mass is 9.61. The van der Waals surface area contributed by atoms with E-state index >= 15 is 0 Å². The predicted molar refractivity (Wildman–Crippen MR) is 142 cm³/mol. The van der Waals surface area contributed by atoms with E-state index in [1.54, 1.807) is 6.07 Å². The highest BCUT2D eigenvalue weighted by Crippen LogP contribution is 2.52. The molecule has 0 saturated heterocycles. The molecule has 0 unspecified atom stereocenters. The van der Waals surface area contributed by atoms with Gasteiger partial charge in [0, 0.05) is 10.6 Å². The molecule has 0 spiro atoms. The Labute approximate surface area is 219 Å². The van der Waals surface area contributed by atoms with Crippen molar-refractivity contribution in [3.63, 3.8) is 0 Å². The standard InChI is InChI=1S/C29H26N4O3S/c1-17(2)29(22(15-30)26(31)36-27-25(29)18(3)32-33-27)21-11-7-10-20(14-21)23-12-13-24(37-23)28(34)35-16-19-8-5-4-6-9-19/h4-14,17H,16,31H2,1-3H3,(H,32,33)/t29-/m1/s1. The molecule has 4 aromatic rings. The number of benzene rings is 2. The summed E-state index contributed by atoms with van der Waals surface area (Å²) in [6, 6.07) is 23.6. The number of nitrogens with two attached hydrogens (primary N) is 1. The van der Waals surface area contributed by atoms with E-state index in [4.69, 9.17) is 15.2 Å². The molecule has 0 bridgehead atoms. The SMILES string of the molecule is Cc1[nH]nc2c1[C@@](c1cccc(-c3ccc(C(=O)OCc4ccccc4)s3)c1)(C(C)C)C(C#N)=C(N)O2. The van der Waals surface area contributed by atoms with Gasteiger partial charge < -0.3 is 15.2 Å². The van der Waals surface area contributed by atoms with Gasteiger partial charge in [-0.1, -0.05) is 62.4 Å². The lowest BCUT2D eigenvalue weighted by molar-refractivity contribution is 0.0478. The first-order valence-electron chi connectivity index (χ1n) is 11.9. The predicted octanol–water partition coefficient (Wildman–Crippen LogP) is 5.83. The highest BCUT2D eigenvalue weighted by atomic mass is 32.1. The topological polar surface area (TPSA) is 114 Å². The van der Waals surface area contributed by atoms with Crippen molar-refractivity contribution < 1.29 is 14.3 Å². The number of hydrogen-bond acceptors (Lipinski definition) is 7. The van der Waals surface area contributed by atoms with Gasteiger partial charge in [0.25, 0.3) is 0 Å². The molecule has 2 aromatic heterocycles. The van der Waals surface area contributed by atoms with Crippen LogP contribution in [-0.2, 0) is 16.8 Å². The van der Waals surface area contributed by atoms with Crippen LogP contribution in [0.4, 0.5) is 0 Å². The van der Waals surface area contributed by atoms with Gasteiger partial charge in [-0.25, -0.2) is 4.79 Å². The summed E-state index contributed by atoms with van der Waals surface area (Å²) in [5.41, 5.74) is 10.1. The Morgan fingerprint density at radius 2 is 1.97 bits per heavy atom. The van der Waals surface area contributed by atoms with Gasteiger partial charge in [0.15, 0.2) is 0 Å². The molecule has 3 N–H and O–H groups in total. The third kappa shape index (κ3) is 4.07. The monoisotopic (exact) mass is 510 g/mol. The lowest BCUT2D eigenvalue weighted by Gasteiger charge is -2.41. The molecule has 0 radical (unpaired) electrons. The summed E-state index contributed by atoms with van der Waals surface area (Å²) in [6.07, 6.45) is 0. The van der Waals surface area contributed by atoms with Crippen LogP contribution < -0.4 is 10.5 Å². The fourth-order valence-corrected chi connectivity index (χ4v) is 5.97. The zero-order valence-corrected chi connectivity index (χ0v) is 21.6. The van der Waals surface area contributed by atoms with E-state index in [2.05, 4.69) is 36.2 Å². The first-order valence-corrected chi connectivity index (χ1v) is 12.7. The number of esters is 1. The van der Waals surface area contributed by atoms with E-state index in [0.717, 1.165) is 32.8 Å². The summed E-state index contributed by atoms with van der Waals surface area (Å²) in [4.78, 5) is 14.1. The summed E-state index contributed by atoms with van der Waals surface area (Å²) in [7, 11) is 0. The second-order valence-electron chi connectivity index (χ2n) is 9.25. The van der Waals surface area contributed by atoms with Gasteiger partial charge in [0.05, 0.1) is 11.0 Å². The Morgan fingerprint density at radius 3 is 2.70 bits per heavy atom. The van der Waals surface area contributed by atoms with E-state index in [-0.39, 0.29) is 24.4 Å². The smallest absolute Gasteiger partial charge is 0.348 e. The molecule has 1 atom stereocenters. The third-order valence-electron chi connectivity index (χ3n) is 6.76. The quantitative estimate of drug-likeness (QED) is 0.315. The molecule has 3 heterocycles. The third-order valence-corrected chi connectivity index (χ3v) is 7.87. The number of allylic oxidation sites excluding steroid dienone is 1. The maximum atomic E-state index is 12.7. The molecule has 2 aromatic carbocycles. The average Bonchev–Trinajstić information content (AvgIpc) is 3.54. The van der Waals surface area contributed by atoms with Gasteiger partial charge >= 0.3 is 5.97 Å². The zero-order valence-electron chi connectivity index (χ0n) is 20.7. The van der Waals surface area contributed by atoms with E-state index in [1.165, 1.54) is 11.3 Å². The molecule has 1 aliphatic rings. The Morgan fingerprint density at radius 1 is 1.19 bits per heavy atom. The average molecular weight is 511 g/mol. The molecule has 37 heavy (non-hydrogen) atoms. The number of carbonyl (C=O) groups is 1. The van der Waals surface area contributed by atoms with E-state index in [1.807, 2.05) is 61.5 Å². The second kappa shape index (κ2) is 9.60. The van der Waals surface area contributed by atoms with Crippen molar-refractivity contribution in [1.29, 1.82) is 5.26 Å². The molecular weight excluding hydrogens is 484 g/mol. The number of H-pyrrole nitrogens is 1. The molecule has 1 aliphatic heterocycles. The number of aromatic nitrogens is 2. The minimum absolute atomic E-state index is 0.0400. The van der Waals surface area contributed by atoms with Crippen molar-refractivity contribution in [2.45, 2.75) is 32.8 Å². The number of thiophene rings is 1. The normalized spacial score (nSPS) is 16.7. The molecule has 0 saturated carbocycles. The molecule has 7 nitrogen and oxygen atoms in total. The van der Waals surface area contributed by atoms with Crippen molar-refractivity contribution >= 4 is 17.3 Å². The highest BCUT2D eigenvalue weighted by Gasteiger charge is 2.50. The van der Waals surface area contributed by atoms with Crippen molar-refractivity contribution in [2.75, 3.05) is 0 Å². The number of rotatable bonds is 6.